The summed E-state index contributed by atoms with van der Waals surface area (Å²) in [4.78, 5) is 4.14. The molecule has 5 heteroatoms. The molecule has 2 N–H and O–H groups in total. The lowest BCUT2D eigenvalue weighted by molar-refractivity contribution is 0.0443. The molecule has 2 aromatic carbocycles. The van der Waals surface area contributed by atoms with Crippen LogP contribution in [0.5, 0.6) is 0 Å². The minimum Gasteiger partial charge on any atom is -0.385 e. The Hall–Kier alpha value is -2.01. The fourth-order valence-corrected chi connectivity index (χ4v) is 3.34. The second-order valence-corrected chi connectivity index (χ2v) is 7.51. The molecule has 3 nitrogen and oxygen atoms in total. The van der Waals surface area contributed by atoms with E-state index in [0.29, 0.717) is 12.5 Å². The molecule has 1 unspecified atom stereocenters. The molecule has 2 atom stereocenters. The summed E-state index contributed by atoms with van der Waals surface area (Å²) in [6, 6.07) is 14.9. The van der Waals surface area contributed by atoms with Crippen molar-refractivity contribution in [1.29, 1.82) is 0 Å². The van der Waals surface area contributed by atoms with Crippen LogP contribution in [0.25, 0.3) is 10.8 Å². The van der Waals surface area contributed by atoms with Crippen LogP contribution in [0.15, 0.2) is 60.9 Å². The summed E-state index contributed by atoms with van der Waals surface area (Å²) >= 11 is 0. The molecular weight excluding hydrogens is 375 g/mol. The quantitative estimate of drug-likeness (QED) is 0.533. The van der Waals surface area contributed by atoms with Gasteiger partial charge >= 0.3 is 0 Å². The van der Waals surface area contributed by atoms with Gasteiger partial charge in [0.15, 0.2) is 0 Å². The van der Waals surface area contributed by atoms with E-state index < -0.39 is 5.60 Å². The molecule has 3 rings (SSSR count). The molecule has 0 aliphatic rings. The van der Waals surface area contributed by atoms with Crippen molar-refractivity contribution in [2.24, 2.45) is 0 Å². The number of hydrogen-bond acceptors (Lipinski definition) is 3. The minimum atomic E-state index is -0.931. The lowest BCUT2D eigenvalue weighted by Gasteiger charge is -2.25. The summed E-state index contributed by atoms with van der Waals surface area (Å²) in [6.07, 6.45) is 6.20. The Morgan fingerprint density at radius 2 is 1.86 bits per heavy atom. The van der Waals surface area contributed by atoms with Gasteiger partial charge in [-0.05, 0) is 73.9 Å². The van der Waals surface area contributed by atoms with Crippen LogP contribution in [0, 0.1) is 5.82 Å². The second-order valence-electron chi connectivity index (χ2n) is 7.51. The van der Waals surface area contributed by atoms with Crippen molar-refractivity contribution in [1.82, 2.24) is 10.3 Å². The van der Waals surface area contributed by atoms with Gasteiger partial charge in [0, 0.05) is 30.4 Å². The topological polar surface area (TPSA) is 45.1 Å². The zero-order valence-corrected chi connectivity index (χ0v) is 17.2. The zero-order valence-electron chi connectivity index (χ0n) is 16.4. The number of benzene rings is 2. The molecule has 0 amide bonds. The van der Waals surface area contributed by atoms with E-state index >= 15 is 0 Å². The first-order valence-electron chi connectivity index (χ1n) is 9.48. The number of nitrogens with one attached hydrogen (secondary N) is 1. The molecule has 1 heterocycles. The summed E-state index contributed by atoms with van der Waals surface area (Å²) in [6.45, 7) is 4.77. The third-order valence-electron chi connectivity index (χ3n) is 5.13. The highest BCUT2D eigenvalue weighted by atomic mass is 35.5. The minimum absolute atomic E-state index is 0. The normalized spacial score (nSPS) is 14.3. The van der Waals surface area contributed by atoms with E-state index in [2.05, 4.69) is 35.4 Å². The Morgan fingerprint density at radius 3 is 2.61 bits per heavy atom. The van der Waals surface area contributed by atoms with E-state index in [-0.39, 0.29) is 18.2 Å². The van der Waals surface area contributed by atoms with Crippen LogP contribution >= 0.6 is 12.4 Å². The number of fused-ring (bicyclic) bond motifs is 1. The van der Waals surface area contributed by atoms with Crippen molar-refractivity contribution in [2.45, 2.75) is 51.3 Å². The van der Waals surface area contributed by atoms with Crippen LogP contribution in [0.4, 0.5) is 4.39 Å². The smallest absolute Gasteiger partial charge is 0.123 e. The van der Waals surface area contributed by atoms with Crippen LogP contribution in [0.3, 0.4) is 0 Å². The van der Waals surface area contributed by atoms with Gasteiger partial charge in [-0.3, -0.25) is 4.98 Å². The second kappa shape index (κ2) is 9.97. The molecule has 0 aliphatic heterocycles. The first-order valence-corrected chi connectivity index (χ1v) is 9.48. The Kier molecular flexibility index (Phi) is 7.93. The van der Waals surface area contributed by atoms with Crippen molar-refractivity contribution >= 4 is 23.2 Å². The number of aliphatic hydroxyl groups is 1. The van der Waals surface area contributed by atoms with Crippen LogP contribution in [-0.4, -0.2) is 16.1 Å². The molecule has 0 saturated heterocycles. The molecule has 0 aliphatic carbocycles. The highest BCUT2D eigenvalue weighted by molar-refractivity contribution is 5.85. The average molecular weight is 403 g/mol. The van der Waals surface area contributed by atoms with E-state index in [0.717, 1.165) is 30.3 Å². The predicted molar refractivity (Wildman–Crippen MR) is 115 cm³/mol. The van der Waals surface area contributed by atoms with Gasteiger partial charge in [0.1, 0.15) is 5.82 Å². The van der Waals surface area contributed by atoms with Gasteiger partial charge in [-0.25, -0.2) is 4.39 Å². The molecule has 3 aromatic rings. The number of nitrogens with zero attached hydrogens (tertiary/aromatic N) is 1. The molecule has 0 fully saturated rings. The molecule has 150 valence electrons. The first kappa shape index (κ1) is 22.3. The van der Waals surface area contributed by atoms with Crippen molar-refractivity contribution in [3.05, 3.63) is 77.9 Å². The number of rotatable bonds is 8. The van der Waals surface area contributed by atoms with Crippen LogP contribution in [0.2, 0.25) is 0 Å². The van der Waals surface area contributed by atoms with Gasteiger partial charge in [0.2, 0.25) is 0 Å². The number of aromatic nitrogens is 1. The predicted octanol–water partition coefficient (Wildman–Crippen LogP) is 5.35. The van der Waals surface area contributed by atoms with Crippen molar-refractivity contribution < 1.29 is 9.50 Å². The van der Waals surface area contributed by atoms with E-state index in [9.17, 15) is 9.50 Å². The Bertz CT molecular complexity index is 883. The maximum Gasteiger partial charge on any atom is 0.123 e. The summed E-state index contributed by atoms with van der Waals surface area (Å²) in [5.41, 5.74) is 1.08. The fourth-order valence-electron chi connectivity index (χ4n) is 3.34. The average Bonchev–Trinajstić information content (AvgIpc) is 2.66. The molecule has 0 saturated carbocycles. The number of pyridine rings is 1. The van der Waals surface area contributed by atoms with Gasteiger partial charge in [-0.15, -0.1) is 12.4 Å². The van der Waals surface area contributed by atoms with Crippen molar-refractivity contribution in [2.75, 3.05) is 0 Å². The highest BCUT2D eigenvalue weighted by Gasteiger charge is 2.22. The fraction of sp³-hybridized carbons (Fsp3) is 0.348. The zero-order chi connectivity index (χ0) is 19.3. The van der Waals surface area contributed by atoms with Crippen molar-refractivity contribution in [3.8, 4) is 0 Å². The molecule has 0 spiro atoms. The van der Waals surface area contributed by atoms with Gasteiger partial charge in [-0.1, -0.05) is 24.3 Å². The monoisotopic (exact) mass is 402 g/mol. The van der Waals surface area contributed by atoms with Crippen molar-refractivity contribution in [3.63, 3.8) is 0 Å². The summed E-state index contributed by atoms with van der Waals surface area (Å²) in [7, 11) is 0. The van der Waals surface area contributed by atoms with Crippen LogP contribution in [0.1, 0.15) is 44.2 Å². The highest BCUT2D eigenvalue weighted by Crippen LogP contribution is 2.27. The van der Waals surface area contributed by atoms with Crippen LogP contribution < -0.4 is 5.32 Å². The number of hydrogen-bond donors (Lipinski definition) is 2. The maximum absolute atomic E-state index is 13.1. The molecular formula is C23H28ClFN2O. The molecule has 0 radical (unpaired) electrons. The lowest BCUT2D eigenvalue weighted by atomic mass is 9.90. The Balaban J connectivity index is 0.00000280. The third kappa shape index (κ3) is 5.99. The maximum atomic E-state index is 13.1. The third-order valence-corrected chi connectivity index (χ3v) is 5.13. The van der Waals surface area contributed by atoms with E-state index in [1.54, 1.807) is 19.1 Å². The van der Waals surface area contributed by atoms with Crippen LogP contribution in [-0.2, 0) is 12.1 Å². The summed E-state index contributed by atoms with van der Waals surface area (Å²) in [5, 5.41) is 16.6. The lowest BCUT2D eigenvalue weighted by Crippen LogP contribution is -2.27. The van der Waals surface area contributed by atoms with E-state index in [1.165, 1.54) is 23.1 Å². The van der Waals surface area contributed by atoms with Gasteiger partial charge < -0.3 is 10.4 Å². The summed E-state index contributed by atoms with van der Waals surface area (Å²) < 4.78 is 13.1. The van der Waals surface area contributed by atoms with Gasteiger partial charge in [0.05, 0.1) is 5.60 Å². The largest absolute Gasteiger partial charge is 0.385 e. The SMILES string of the molecule is C[C@H](CCCC(C)(O)c1ccc(F)cc1)NCc1ccc2cnccc2c1.Cl. The molecule has 1 aromatic heterocycles. The van der Waals surface area contributed by atoms with Gasteiger partial charge in [-0.2, -0.15) is 0 Å². The Morgan fingerprint density at radius 1 is 1.11 bits per heavy atom. The standard InChI is InChI=1S/C23H27FN2O.ClH/c1-17(4-3-12-23(2,27)21-7-9-22(24)10-8-21)26-15-18-5-6-20-16-25-13-11-19(20)14-18;/h5-11,13-14,16-17,26-27H,3-4,12,15H2,1-2H3;1H/t17-,23?;/m1./s1. The van der Waals surface area contributed by atoms with Gasteiger partial charge in [0.25, 0.3) is 0 Å². The van der Waals surface area contributed by atoms with E-state index in [1.807, 2.05) is 18.5 Å². The number of halogens is 2. The molecule has 28 heavy (non-hydrogen) atoms. The van der Waals surface area contributed by atoms with E-state index in [4.69, 9.17) is 0 Å². The molecule has 0 bridgehead atoms. The first-order chi connectivity index (χ1) is 12.9. The summed E-state index contributed by atoms with van der Waals surface area (Å²) in [5.74, 6) is -0.280. The Labute approximate surface area is 172 Å².